The number of carbonyl (C=O) groups is 4. The Balaban J connectivity index is 1.95. The summed E-state index contributed by atoms with van der Waals surface area (Å²) in [7, 11) is 0. The van der Waals surface area contributed by atoms with Gasteiger partial charge in [-0.3, -0.25) is 0 Å². The SMILES string of the molecule is C=C(CCO)C(=O)OCCOc1c2cc(CCCCCCC)cc1Cc1cc(CCCCCCC)cc(c1OCCOC(=O)C(=C)CCO)Cc1cc(CCCCCCC)cc(c1OCCOC(=O)C(=C)CCO)Cc1cc(CCCCCCC)cc(c1OCCOC(=O)C(=C)CCO)C2. The van der Waals surface area contributed by atoms with Gasteiger partial charge in [-0.2, -0.15) is 0 Å². The number of aryl methyl sites for hydroxylation is 4. The van der Waals surface area contributed by atoms with E-state index >= 15 is 0 Å². The molecule has 16 nitrogen and oxygen atoms in total. The highest BCUT2D eigenvalue weighted by molar-refractivity contribution is 5.89. The first-order valence-electron chi connectivity index (χ1n) is 37.5. The highest BCUT2D eigenvalue weighted by Gasteiger charge is 2.26. The second-order valence-electron chi connectivity index (χ2n) is 26.6. The van der Waals surface area contributed by atoms with Crippen LogP contribution in [0, 0.1) is 0 Å². The lowest BCUT2D eigenvalue weighted by Crippen LogP contribution is -2.17. The molecule has 100 heavy (non-hydrogen) atoms. The zero-order chi connectivity index (χ0) is 72.3. The van der Waals surface area contributed by atoms with E-state index in [2.05, 4.69) is 103 Å². The zero-order valence-corrected chi connectivity index (χ0v) is 61.2. The molecular weight excluding hydrogens is 1260 g/mol. The molecule has 4 aromatic rings. The Kier molecular flexibility index (Phi) is 40.5. The van der Waals surface area contributed by atoms with Crippen LogP contribution in [0.15, 0.2) is 97.1 Å². The van der Waals surface area contributed by atoms with E-state index in [1.807, 2.05) is 0 Å². The van der Waals surface area contributed by atoms with Crippen LogP contribution in [-0.4, -0.2) is 124 Å². The van der Waals surface area contributed by atoms with Gasteiger partial charge in [-0.05, 0) is 118 Å². The molecule has 0 saturated heterocycles. The fourth-order valence-corrected chi connectivity index (χ4v) is 12.7. The third kappa shape index (κ3) is 29.8. The Morgan fingerprint density at radius 1 is 0.290 bits per heavy atom. The second-order valence-corrected chi connectivity index (χ2v) is 26.6. The zero-order valence-electron chi connectivity index (χ0n) is 61.2. The van der Waals surface area contributed by atoms with E-state index in [1.54, 1.807) is 0 Å². The Labute approximate surface area is 597 Å². The molecule has 552 valence electrons. The summed E-state index contributed by atoms with van der Waals surface area (Å²) in [5.41, 5.74) is 12.1. The maximum Gasteiger partial charge on any atom is 0.333 e. The molecule has 4 N–H and O–H groups in total. The molecule has 0 saturated carbocycles. The summed E-state index contributed by atoms with van der Waals surface area (Å²) in [5, 5.41) is 38.6. The van der Waals surface area contributed by atoms with Crippen LogP contribution < -0.4 is 18.9 Å². The average molecular weight is 1390 g/mol. The fraction of sp³-hybridized carbons (Fsp3) is 0.571. The van der Waals surface area contributed by atoms with Crippen LogP contribution in [0.4, 0.5) is 0 Å². The highest BCUT2D eigenvalue weighted by Crippen LogP contribution is 2.42. The van der Waals surface area contributed by atoms with E-state index in [0.717, 1.165) is 221 Å². The minimum Gasteiger partial charge on any atom is -0.489 e. The standard InChI is InChI=1S/C84H120O16/c1-9-13-17-21-25-29-65-49-69-57-71-51-66(30-26-22-18-14-10-2)53-73(78(71)94-42-46-98-82(90)62(6)34-38-86)59-75-55-68(32-28-24-20-16-12-4)56-76(80(75)96-44-48-100-84(92)64(8)36-40-88)60-74-54-67(31-27-23-19-15-11-3)52-72(79(74)95-43-47-99-83(91)63(7)35-39-87)58-70(50-65)77(69)93-41-45-97-81(89)61(5)33-37-85/h49-56,85-88H,5-48,57-60H2,1-4H3. The van der Waals surface area contributed by atoms with Crippen molar-refractivity contribution in [2.45, 2.75) is 233 Å². The molecule has 0 atom stereocenters. The Bertz CT molecular complexity index is 2700. The first-order valence-corrected chi connectivity index (χ1v) is 37.5. The van der Waals surface area contributed by atoms with Crippen molar-refractivity contribution in [3.8, 4) is 23.0 Å². The molecule has 0 aliphatic heterocycles. The molecule has 1 aliphatic carbocycles. The summed E-state index contributed by atoms with van der Waals surface area (Å²) in [6, 6.07) is 18.0. The number of hydrogen-bond donors (Lipinski definition) is 4. The van der Waals surface area contributed by atoms with Gasteiger partial charge in [0.2, 0.25) is 0 Å². The molecule has 0 fully saturated rings. The quantitative estimate of drug-likeness (QED) is 0.0123. The predicted molar refractivity (Wildman–Crippen MR) is 396 cm³/mol. The van der Waals surface area contributed by atoms with E-state index < -0.39 is 23.9 Å². The van der Waals surface area contributed by atoms with E-state index in [4.69, 9.17) is 37.9 Å². The lowest BCUT2D eigenvalue weighted by atomic mass is 9.87. The third-order valence-corrected chi connectivity index (χ3v) is 18.1. The molecule has 0 radical (unpaired) electrons. The van der Waals surface area contributed by atoms with Gasteiger partial charge in [-0.15, -0.1) is 0 Å². The number of benzene rings is 4. The molecule has 0 aromatic heterocycles. The van der Waals surface area contributed by atoms with Crippen molar-refractivity contribution in [3.05, 3.63) is 164 Å². The van der Waals surface area contributed by atoms with Gasteiger partial charge in [0.05, 0.1) is 0 Å². The molecule has 0 heterocycles. The van der Waals surface area contributed by atoms with Gasteiger partial charge < -0.3 is 58.3 Å². The van der Waals surface area contributed by atoms with E-state index in [1.165, 1.54) is 0 Å². The second kappa shape index (κ2) is 48.6. The molecular formula is C84H120O16. The molecule has 16 heteroatoms. The summed E-state index contributed by atoms with van der Waals surface area (Å²) in [6.45, 7) is 22.8. The number of unbranched alkanes of at least 4 members (excludes halogenated alkanes) is 16. The Morgan fingerprint density at radius 3 is 0.640 bits per heavy atom. The minimum atomic E-state index is -0.618. The average Bonchev–Trinajstić information content (AvgIpc) is 0.773. The predicted octanol–water partition coefficient (Wildman–Crippen LogP) is 15.9. The van der Waals surface area contributed by atoms with Crippen LogP contribution in [0.5, 0.6) is 23.0 Å². The van der Waals surface area contributed by atoms with Crippen molar-refractivity contribution in [2.24, 2.45) is 0 Å². The van der Waals surface area contributed by atoms with Crippen molar-refractivity contribution in [1.82, 2.24) is 0 Å². The number of aliphatic hydroxyl groups is 4. The van der Waals surface area contributed by atoms with Crippen LogP contribution in [0.2, 0.25) is 0 Å². The third-order valence-electron chi connectivity index (χ3n) is 18.1. The number of hydrogen-bond acceptors (Lipinski definition) is 16. The van der Waals surface area contributed by atoms with Crippen LogP contribution in [-0.2, 0) is 89.5 Å². The van der Waals surface area contributed by atoms with Gasteiger partial charge in [-0.1, -0.05) is 205 Å². The van der Waals surface area contributed by atoms with Crippen molar-refractivity contribution in [3.63, 3.8) is 0 Å². The number of esters is 4. The maximum absolute atomic E-state index is 13.2. The molecule has 0 unspecified atom stereocenters. The maximum atomic E-state index is 13.2. The van der Waals surface area contributed by atoms with Gasteiger partial charge in [-0.25, -0.2) is 19.2 Å². The summed E-state index contributed by atoms with van der Waals surface area (Å²) >= 11 is 0. The molecule has 0 amide bonds. The van der Waals surface area contributed by atoms with Gasteiger partial charge >= 0.3 is 23.9 Å². The largest absolute Gasteiger partial charge is 0.489 e. The van der Waals surface area contributed by atoms with E-state index in [-0.39, 0.29) is 127 Å². The van der Waals surface area contributed by atoms with Crippen LogP contribution in [0.25, 0.3) is 0 Å². The summed E-state index contributed by atoms with van der Waals surface area (Å²) in [6.07, 6.45) is 26.4. The summed E-state index contributed by atoms with van der Waals surface area (Å²) in [5.74, 6) is -0.0273. The Hall–Kier alpha value is -7.24. The van der Waals surface area contributed by atoms with E-state index in [9.17, 15) is 39.6 Å². The number of carbonyl (C=O) groups excluding carboxylic acids is 4. The highest BCUT2D eigenvalue weighted by atomic mass is 16.6. The number of aliphatic hydroxyl groups excluding tert-OH is 4. The molecule has 8 bridgehead atoms. The Morgan fingerprint density at radius 2 is 0.470 bits per heavy atom. The fourth-order valence-electron chi connectivity index (χ4n) is 12.7. The van der Waals surface area contributed by atoms with Crippen LogP contribution >= 0.6 is 0 Å². The topological polar surface area (TPSA) is 223 Å². The molecule has 4 aromatic carbocycles. The summed E-state index contributed by atoms with van der Waals surface area (Å²) in [4.78, 5) is 52.8. The molecule has 0 spiro atoms. The summed E-state index contributed by atoms with van der Waals surface area (Å²) < 4.78 is 51.3. The van der Waals surface area contributed by atoms with Crippen molar-refractivity contribution >= 4 is 23.9 Å². The van der Waals surface area contributed by atoms with Crippen LogP contribution in [0.3, 0.4) is 0 Å². The minimum absolute atomic E-state index is 0.0117. The van der Waals surface area contributed by atoms with Crippen molar-refractivity contribution < 1.29 is 77.5 Å². The van der Waals surface area contributed by atoms with Gasteiger partial charge in [0.15, 0.2) is 0 Å². The van der Waals surface area contributed by atoms with Gasteiger partial charge in [0.25, 0.3) is 0 Å². The molecule has 1 aliphatic rings. The number of rotatable bonds is 52. The normalized spacial score (nSPS) is 11.8. The lowest BCUT2D eigenvalue weighted by Gasteiger charge is -2.25. The first kappa shape index (κ1) is 83.4. The lowest BCUT2D eigenvalue weighted by molar-refractivity contribution is -0.140. The van der Waals surface area contributed by atoms with E-state index in [0.29, 0.717) is 48.7 Å². The molecule has 5 rings (SSSR count). The van der Waals surface area contributed by atoms with Gasteiger partial charge in [0, 0.05) is 100 Å². The smallest absolute Gasteiger partial charge is 0.333 e. The van der Waals surface area contributed by atoms with Crippen molar-refractivity contribution in [2.75, 3.05) is 79.3 Å². The van der Waals surface area contributed by atoms with Crippen LogP contribution in [0.1, 0.15) is 249 Å². The monoisotopic (exact) mass is 1380 g/mol. The van der Waals surface area contributed by atoms with Crippen molar-refractivity contribution in [1.29, 1.82) is 0 Å². The van der Waals surface area contributed by atoms with Gasteiger partial charge in [0.1, 0.15) is 75.9 Å². The first-order chi connectivity index (χ1) is 48.6. The number of fused-ring (bicyclic) bond motifs is 8. The number of ether oxygens (including phenoxy) is 8.